The first kappa shape index (κ1) is 14.7. The number of rotatable bonds is 4. The molecule has 2 aromatic carbocycles. The van der Waals surface area contributed by atoms with Crippen LogP contribution in [0.2, 0.25) is 0 Å². The molecule has 0 saturated heterocycles. The summed E-state index contributed by atoms with van der Waals surface area (Å²) in [5.41, 5.74) is 9.58. The Hall–Kier alpha value is -1.74. The Morgan fingerprint density at radius 3 is 2.30 bits per heavy atom. The SMILES string of the molecule is Cc1ccc(C)c(CC(N)Cc2c(F)cccc2F)c1. The Kier molecular flexibility index (Phi) is 4.50. The van der Waals surface area contributed by atoms with Crippen LogP contribution in [0.1, 0.15) is 22.3 Å². The van der Waals surface area contributed by atoms with E-state index in [0.29, 0.717) is 6.42 Å². The fourth-order valence-electron chi connectivity index (χ4n) is 2.36. The molecule has 20 heavy (non-hydrogen) atoms. The molecule has 3 heteroatoms. The maximum absolute atomic E-state index is 13.6. The number of nitrogens with two attached hydrogens (primary N) is 1. The molecular weight excluding hydrogens is 256 g/mol. The molecule has 1 unspecified atom stereocenters. The molecule has 1 atom stereocenters. The van der Waals surface area contributed by atoms with E-state index >= 15 is 0 Å². The van der Waals surface area contributed by atoms with Crippen molar-refractivity contribution < 1.29 is 8.78 Å². The molecule has 0 aliphatic carbocycles. The maximum atomic E-state index is 13.6. The summed E-state index contributed by atoms with van der Waals surface area (Å²) in [5.74, 6) is -1.05. The largest absolute Gasteiger partial charge is 0.327 e. The molecule has 0 saturated carbocycles. The van der Waals surface area contributed by atoms with Crippen LogP contribution >= 0.6 is 0 Å². The fraction of sp³-hybridized carbons (Fsp3) is 0.294. The Morgan fingerprint density at radius 1 is 1.00 bits per heavy atom. The van der Waals surface area contributed by atoms with Crippen molar-refractivity contribution in [2.45, 2.75) is 32.7 Å². The lowest BCUT2D eigenvalue weighted by molar-refractivity contribution is 0.533. The van der Waals surface area contributed by atoms with Crippen molar-refractivity contribution in [3.8, 4) is 0 Å². The van der Waals surface area contributed by atoms with Gasteiger partial charge in [-0.15, -0.1) is 0 Å². The van der Waals surface area contributed by atoms with Gasteiger partial charge in [-0.1, -0.05) is 29.8 Å². The molecule has 0 aliphatic heterocycles. The van der Waals surface area contributed by atoms with Crippen LogP contribution in [0.15, 0.2) is 36.4 Å². The van der Waals surface area contributed by atoms with E-state index in [9.17, 15) is 8.78 Å². The van der Waals surface area contributed by atoms with Gasteiger partial charge in [0.15, 0.2) is 0 Å². The van der Waals surface area contributed by atoms with E-state index in [-0.39, 0.29) is 18.0 Å². The average Bonchev–Trinajstić information content (AvgIpc) is 2.38. The van der Waals surface area contributed by atoms with Crippen molar-refractivity contribution in [2.24, 2.45) is 5.73 Å². The standard InChI is InChI=1S/C17H19F2N/c1-11-6-7-12(2)13(8-11)9-14(20)10-15-16(18)4-3-5-17(15)19/h3-8,14H,9-10,20H2,1-2H3. The lowest BCUT2D eigenvalue weighted by atomic mass is 9.95. The second kappa shape index (κ2) is 6.14. The molecule has 2 N–H and O–H groups in total. The van der Waals surface area contributed by atoms with Crippen LogP contribution in [0.4, 0.5) is 8.78 Å². The van der Waals surface area contributed by atoms with Gasteiger partial charge in [-0.3, -0.25) is 0 Å². The first-order valence-corrected chi connectivity index (χ1v) is 6.72. The zero-order chi connectivity index (χ0) is 14.7. The van der Waals surface area contributed by atoms with Crippen molar-refractivity contribution >= 4 is 0 Å². The van der Waals surface area contributed by atoms with Gasteiger partial charge in [0, 0.05) is 11.6 Å². The van der Waals surface area contributed by atoms with Crippen molar-refractivity contribution in [1.82, 2.24) is 0 Å². The molecule has 0 radical (unpaired) electrons. The molecule has 2 aromatic rings. The summed E-state index contributed by atoms with van der Waals surface area (Å²) in [5, 5.41) is 0. The first-order valence-electron chi connectivity index (χ1n) is 6.72. The summed E-state index contributed by atoms with van der Waals surface area (Å²) < 4.78 is 27.2. The first-order chi connectivity index (χ1) is 9.47. The van der Waals surface area contributed by atoms with Crippen molar-refractivity contribution in [3.63, 3.8) is 0 Å². The lowest BCUT2D eigenvalue weighted by Crippen LogP contribution is -2.27. The second-order valence-corrected chi connectivity index (χ2v) is 5.30. The third kappa shape index (κ3) is 3.42. The van der Waals surface area contributed by atoms with Crippen molar-refractivity contribution in [3.05, 3.63) is 70.3 Å². The highest BCUT2D eigenvalue weighted by Gasteiger charge is 2.14. The quantitative estimate of drug-likeness (QED) is 0.904. The van der Waals surface area contributed by atoms with Crippen molar-refractivity contribution in [2.75, 3.05) is 0 Å². The normalized spacial score (nSPS) is 12.4. The lowest BCUT2D eigenvalue weighted by Gasteiger charge is -2.15. The zero-order valence-corrected chi connectivity index (χ0v) is 11.8. The van der Waals surface area contributed by atoms with Crippen LogP contribution in [-0.4, -0.2) is 6.04 Å². The van der Waals surface area contributed by atoms with Gasteiger partial charge < -0.3 is 5.73 Å². The molecule has 0 heterocycles. The maximum Gasteiger partial charge on any atom is 0.129 e. The monoisotopic (exact) mass is 275 g/mol. The molecule has 0 aliphatic rings. The average molecular weight is 275 g/mol. The van der Waals surface area contributed by atoms with E-state index in [2.05, 4.69) is 6.07 Å². The topological polar surface area (TPSA) is 26.0 Å². The predicted molar refractivity (Wildman–Crippen MR) is 77.7 cm³/mol. The molecule has 1 nitrogen and oxygen atoms in total. The third-order valence-corrected chi connectivity index (χ3v) is 3.51. The van der Waals surface area contributed by atoms with Gasteiger partial charge in [0.05, 0.1) is 0 Å². The van der Waals surface area contributed by atoms with Gasteiger partial charge in [0.2, 0.25) is 0 Å². The Morgan fingerprint density at radius 2 is 1.65 bits per heavy atom. The molecule has 106 valence electrons. The van der Waals surface area contributed by atoms with Crippen LogP contribution < -0.4 is 5.73 Å². The van der Waals surface area contributed by atoms with E-state index < -0.39 is 11.6 Å². The van der Waals surface area contributed by atoms with Crippen molar-refractivity contribution in [1.29, 1.82) is 0 Å². The van der Waals surface area contributed by atoms with Crippen LogP contribution in [0.5, 0.6) is 0 Å². The van der Waals surface area contributed by atoms with E-state index in [1.807, 2.05) is 26.0 Å². The summed E-state index contributed by atoms with van der Waals surface area (Å²) in [4.78, 5) is 0. The van der Waals surface area contributed by atoms with Gasteiger partial charge >= 0.3 is 0 Å². The molecule has 0 fully saturated rings. The highest BCUT2D eigenvalue weighted by molar-refractivity contribution is 5.31. The van der Waals surface area contributed by atoms with Crippen LogP contribution in [0, 0.1) is 25.5 Å². The Labute approximate surface area is 118 Å². The predicted octanol–water partition coefficient (Wildman–Crippen LogP) is 3.69. The summed E-state index contributed by atoms with van der Waals surface area (Å²) >= 11 is 0. The highest BCUT2D eigenvalue weighted by Crippen LogP contribution is 2.17. The third-order valence-electron chi connectivity index (χ3n) is 3.51. The highest BCUT2D eigenvalue weighted by atomic mass is 19.1. The van der Waals surface area contributed by atoms with E-state index in [0.717, 1.165) is 16.7 Å². The van der Waals surface area contributed by atoms with E-state index in [4.69, 9.17) is 5.73 Å². The number of aryl methyl sites for hydroxylation is 2. The summed E-state index contributed by atoms with van der Waals surface area (Å²) in [7, 11) is 0. The number of benzene rings is 2. The molecule has 0 aromatic heterocycles. The minimum Gasteiger partial charge on any atom is -0.327 e. The second-order valence-electron chi connectivity index (χ2n) is 5.30. The van der Waals surface area contributed by atoms with Gasteiger partial charge in [-0.05, 0) is 49.9 Å². The Bertz CT molecular complexity index is 588. The van der Waals surface area contributed by atoms with Crippen LogP contribution in [-0.2, 0) is 12.8 Å². The van der Waals surface area contributed by atoms with Gasteiger partial charge in [0.25, 0.3) is 0 Å². The summed E-state index contributed by atoms with van der Waals surface area (Å²) in [6.45, 7) is 4.04. The molecule has 0 bridgehead atoms. The molecule has 0 amide bonds. The van der Waals surface area contributed by atoms with Gasteiger partial charge in [0.1, 0.15) is 11.6 Å². The molecular formula is C17H19F2N. The minimum atomic E-state index is -0.526. The van der Waals surface area contributed by atoms with E-state index in [1.54, 1.807) is 0 Å². The zero-order valence-electron chi connectivity index (χ0n) is 11.8. The number of hydrogen-bond acceptors (Lipinski definition) is 1. The smallest absolute Gasteiger partial charge is 0.129 e. The fourth-order valence-corrected chi connectivity index (χ4v) is 2.36. The molecule has 2 rings (SSSR count). The molecule has 0 spiro atoms. The van der Waals surface area contributed by atoms with Gasteiger partial charge in [-0.25, -0.2) is 8.78 Å². The van der Waals surface area contributed by atoms with Crippen LogP contribution in [0.3, 0.4) is 0 Å². The van der Waals surface area contributed by atoms with Gasteiger partial charge in [-0.2, -0.15) is 0 Å². The van der Waals surface area contributed by atoms with E-state index in [1.165, 1.54) is 18.2 Å². The summed E-state index contributed by atoms with van der Waals surface area (Å²) in [6.07, 6.45) is 0.813. The minimum absolute atomic E-state index is 0.0744. The van der Waals surface area contributed by atoms with Crippen LogP contribution in [0.25, 0.3) is 0 Å². The number of hydrogen-bond donors (Lipinski definition) is 1. The summed E-state index contributed by atoms with van der Waals surface area (Å²) in [6, 6.07) is 9.76. The Balaban J connectivity index is 2.13. The number of halogens is 2.